The average Bonchev–Trinajstić information content (AvgIpc) is 2.31. The molecule has 0 amide bonds. The fraction of sp³-hybridized carbons (Fsp3) is 0.583. The molecule has 88 valence electrons. The van der Waals surface area contributed by atoms with Crippen molar-refractivity contribution in [2.24, 2.45) is 0 Å². The summed E-state index contributed by atoms with van der Waals surface area (Å²) in [7, 11) is 0. The molecule has 0 atom stereocenters. The van der Waals surface area contributed by atoms with Crippen LogP contribution in [-0.2, 0) is 6.54 Å². The van der Waals surface area contributed by atoms with E-state index < -0.39 is 0 Å². The molecule has 0 aliphatic carbocycles. The third kappa shape index (κ3) is 3.18. The first kappa shape index (κ1) is 11.4. The smallest absolute Gasteiger partial charge is 0.213 e. The number of nitrogens with one attached hydrogen (secondary N) is 1. The van der Waals surface area contributed by atoms with Crippen LogP contribution in [-0.4, -0.2) is 42.7 Å². The van der Waals surface area contributed by atoms with Crippen molar-refractivity contribution in [2.45, 2.75) is 13.5 Å². The van der Waals surface area contributed by atoms with Gasteiger partial charge in [-0.3, -0.25) is 4.90 Å². The zero-order valence-corrected chi connectivity index (χ0v) is 9.78. The molecule has 4 nitrogen and oxygen atoms in total. The summed E-state index contributed by atoms with van der Waals surface area (Å²) < 4.78 is 5.39. The van der Waals surface area contributed by atoms with Gasteiger partial charge in [0, 0.05) is 45.0 Å². The predicted molar refractivity (Wildman–Crippen MR) is 63.6 cm³/mol. The number of pyridine rings is 1. The molecule has 0 bridgehead atoms. The molecule has 1 aromatic rings. The monoisotopic (exact) mass is 221 g/mol. The molecule has 1 N–H and O–H groups in total. The Morgan fingerprint density at radius 2 is 2.25 bits per heavy atom. The van der Waals surface area contributed by atoms with Crippen LogP contribution in [0.1, 0.15) is 12.5 Å². The van der Waals surface area contributed by atoms with E-state index in [0.717, 1.165) is 38.6 Å². The summed E-state index contributed by atoms with van der Waals surface area (Å²) in [5.41, 5.74) is 1.28. The van der Waals surface area contributed by atoms with Crippen LogP contribution in [0.2, 0.25) is 0 Å². The van der Waals surface area contributed by atoms with Crippen molar-refractivity contribution in [1.82, 2.24) is 15.2 Å². The second-order valence-corrected chi connectivity index (χ2v) is 3.96. The fourth-order valence-electron chi connectivity index (χ4n) is 1.90. The Hall–Kier alpha value is -1.13. The Kier molecular flexibility index (Phi) is 4.13. The van der Waals surface area contributed by atoms with Crippen LogP contribution in [0.25, 0.3) is 0 Å². The second-order valence-electron chi connectivity index (χ2n) is 3.96. The van der Waals surface area contributed by atoms with E-state index in [0.29, 0.717) is 6.61 Å². The van der Waals surface area contributed by atoms with Gasteiger partial charge in [0.05, 0.1) is 6.61 Å². The second kappa shape index (κ2) is 5.82. The molecule has 0 unspecified atom stereocenters. The van der Waals surface area contributed by atoms with Gasteiger partial charge in [-0.15, -0.1) is 0 Å². The van der Waals surface area contributed by atoms with Gasteiger partial charge >= 0.3 is 0 Å². The van der Waals surface area contributed by atoms with Gasteiger partial charge in [-0.2, -0.15) is 0 Å². The van der Waals surface area contributed by atoms with Crippen LogP contribution in [0.4, 0.5) is 0 Å². The number of rotatable bonds is 4. The van der Waals surface area contributed by atoms with Crippen LogP contribution < -0.4 is 10.1 Å². The summed E-state index contributed by atoms with van der Waals surface area (Å²) in [6.45, 7) is 8.05. The largest absolute Gasteiger partial charge is 0.478 e. The Morgan fingerprint density at radius 3 is 3.00 bits per heavy atom. The van der Waals surface area contributed by atoms with Crippen LogP contribution in [0.15, 0.2) is 18.3 Å². The molecule has 4 heteroatoms. The van der Waals surface area contributed by atoms with Gasteiger partial charge in [-0.25, -0.2) is 4.98 Å². The van der Waals surface area contributed by atoms with E-state index in [4.69, 9.17) is 4.74 Å². The first-order valence-corrected chi connectivity index (χ1v) is 5.89. The van der Waals surface area contributed by atoms with Crippen molar-refractivity contribution in [2.75, 3.05) is 32.8 Å². The fourth-order valence-corrected chi connectivity index (χ4v) is 1.90. The minimum absolute atomic E-state index is 0.671. The van der Waals surface area contributed by atoms with Gasteiger partial charge in [0.2, 0.25) is 5.88 Å². The van der Waals surface area contributed by atoms with Crippen molar-refractivity contribution >= 4 is 0 Å². The average molecular weight is 221 g/mol. The summed E-state index contributed by atoms with van der Waals surface area (Å²) in [4.78, 5) is 6.62. The highest BCUT2D eigenvalue weighted by molar-refractivity contribution is 5.20. The first-order chi connectivity index (χ1) is 7.88. The molecule has 2 rings (SSSR count). The molecule has 1 aromatic heterocycles. The Morgan fingerprint density at radius 1 is 1.44 bits per heavy atom. The van der Waals surface area contributed by atoms with Gasteiger partial charge in [-0.05, 0) is 18.6 Å². The molecule has 0 radical (unpaired) electrons. The van der Waals surface area contributed by atoms with Gasteiger partial charge in [0.25, 0.3) is 0 Å². The predicted octanol–water partition coefficient (Wildman–Crippen LogP) is 0.885. The normalized spacial score (nSPS) is 17.3. The number of hydrogen-bond donors (Lipinski definition) is 1. The highest BCUT2D eigenvalue weighted by atomic mass is 16.5. The molecular formula is C12H19N3O. The minimum Gasteiger partial charge on any atom is -0.478 e. The Bertz CT molecular complexity index is 324. The van der Waals surface area contributed by atoms with E-state index in [-0.39, 0.29) is 0 Å². The van der Waals surface area contributed by atoms with Crippen molar-refractivity contribution in [1.29, 1.82) is 0 Å². The lowest BCUT2D eigenvalue weighted by molar-refractivity contribution is 0.232. The maximum atomic E-state index is 5.39. The molecule has 0 saturated carbocycles. The lowest BCUT2D eigenvalue weighted by atomic mass is 10.2. The summed E-state index contributed by atoms with van der Waals surface area (Å²) in [5.74, 6) is 0.732. The molecule has 0 aromatic carbocycles. The topological polar surface area (TPSA) is 37.4 Å². The molecule has 16 heavy (non-hydrogen) atoms. The van der Waals surface area contributed by atoms with E-state index >= 15 is 0 Å². The quantitative estimate of drug-likeness (QED) is 0.819. The SMILES string of the molecule is CCOc1cc(CN2CCNCC2)ccn1. The molecule has 2 heterocycles. The lowest BCUT2D eigenvalue weighted by Gasteiger charge is -2.27. The molecule has 1 fully saturated rings. The first-order valence-electron chi connectivity index (χ1n) is 5.89. The van der Waals surface area contributed by atoms with E-state index in [1.54, 1.807) is 0 Å². The third-order valence-corrected chi connectivity index (χ3v) is 2.71. The summed E-state index contributed by atoms with van der Waals surface area (Å²) in [6, 6.07) is 4.09. The van der Waals surface area contributed by atoms with Crippen LogP contribution in [0.5, 0.6) is 5.88 Å². The van der Waals surface area contributed by atoms with Crippen LogP contribution >= 0.6 is 0 Å². The zero-order chi connectivity index (χ0) is 11.2. The van der Waals surface area contributed by atoms with Crippen LogP contribution in [0, 0.1) is 0 Å². The molecule has 1 saturated heterocycles. The minimum atomic E-state index is 0.671. The number of nitrogens with zero attached hydrogens (tertiary/aromatic N) is 2. The zero-order valence-electron chi connectivity index (χ0n) is 9.78. The van der Waals surface area contributed by atoms with Crippen molar-refractivity contribution in [3.8, 4) is 5.88 Å². The van der Waals surface area contributed by atoms with E-state index in [2.05, 4.69) is 21.3 Å². The summed E-state index contributed by atoms with van der Waals surface area (Å²) in [6.07, 6.45) is 1.82. The summed E-state index contributed by atoms with van der Waals surface area (Å²) in [5, 5.41) is 3.35. The lowest BCUT2D eigenvalue weighted by Crippen LogP contribution is -2.42. The molecule has 1 aliphatic heterocycles. The molecule has 0 spiro atoms. The van der Waals surface area contributed by atoms with E-state index in [9.17, 15) is 0 Å². The number of piperazine rings is 1. The number of ether oxygens (including phenoxy) is 1. The number of hydrogen-bond acceptors (Lipinski definition) is 4. The Balaban J connectivity index is 1.94. The standard InChI is InChI=1S/C12H19N3O/c1-2-16-12-9-11(3-4-14-12)10-15-7-5-13-6-8-15/h3-4,9,13H,2,5-8,10H2,1H3. The number of aromatic nitrogens is 1. The maximum Gasteiger partial charge on any atom is 0.213 e. The van der Waals surface area contributed by atoms with Crippen molar-refractivity contribution in [3.05, 3.63) is 23.9 Å². The van der Waals surface area contributed by atoms with Crippen LogP contribution in [0.3, 0.4) is 0 Å². The van der Waals surface area contributed by atoms with Gasteiger partial charge in [0.15, 0.2) is 0 Å². The summed E-state index contributed by atoms with van der Waals surface area (Å²) >= 11 is 0. The van der Waals surface area contributed by atoms with E-state index in [1.165, 1.54) is 5.56 Å². The van der Waals surface area contributed by atoms with Gasteiger partial charge in [0.1, 0.15) is 0 Å². The van der Waals surface area contributed by atoms with Crippen molar-refractivity contribution in [3.63, 3.8) is 0 Å². The Labute approximate surface area is 96.6 Å². The third-order valence-electron chi connectivity index (χ3n) is 2.71. The maximum absolute atomic E-state index is 5.39. The van der Waals surface area contributed by atoms with Crippen molar-refractivity contribution < 1.29 is 4.74 Å². The molecule has 1 aliphatic rings. The van der Waals surface area contributed by atoms with E-state index in [1.807, 2.05) is 19.2 Å². The molecular weight excluding hydrogens is 202 g/mol. The highest BCUT2D eigenvalue weighted by Crippen LogP contribution is 2.11. The van der Waals surface area contributed by atoms with Gasteiger partial charge < -0.3 is 10.1 Å². The highest BCUT2D eigenvalue weighted by Gasteiger charge is 2.10. The van der Waals surface area contributed by atoms with Gasteiger partial charge in [-0.1, -0.05) is 0 Å².